The maximum absolute atomic E-state index is 5.84. The Morgan fingerprint density at radius 1 is 1.27 bits per heavy atom. The number of unbranched alkanes of at least 4 members (excludes halogenated alkanes) is 2. The second-order valence-corrected chi connectivity index (χ2v) is 5.80. The molecule has 0 radical (unpaired) electrons. The number of halogens is 1. The number of nitrogens with zero attached hydrogens (tertiary/aromatic N) is 3. The summed E-state index contributed by atoms with van der Waals surface area (Å²) in [6, 6.07) is 8.12. The Morgan fingerprint density at radius 2 is 2.05 bits per heavy atom. The molecule has 0 aliphatic rings. The SMILES string of the molecule is CCCCCN=C(N)Nc1nnc(-c2ccccc2C)s1.Cl. The average molecular weight is 340 g/mol. The molecule has 0 fully saturated rings. The zero-order chi connectivity index (χ0) is 15.1. The molecular formula is C15H22ClN5S. The summed E-state index contributed by atoms with van der Waals surface area (Å²) in [7, 11) is 0. The summed E-state index contributed by atoms with van der Waals surface area (Å²) in [6.07, 6.45) is 3.41. The molecule has 0 saturated carbocycles. The molecule has 0 bridgehead atoms. The lowest BCUT2D eigenvalue weighted by molar-refractivity contribution is 0.727. The van der Waals surface area contributed by atoms with E-state index in [9.17, 15) is 0 Å². The largest absolute Gasteiger partial charge is 0.370 e. The van der Waals surface area contributed by atoms with E-state index in [-0.39, 0.29) is 12.4 Å². The summed E-state index contributed by atoms with van der Waals surface area (Å²) >= 11 is 1.48. The van der Waals surface area contributed by atoms with Crippen molar-refractivity contribution < 1.29 is 0 Å². The lowest BCUT2D eigenvalue weighted by Crippen LogP contribution is -2.22. The van der Waals surface area contributed by atoms with Crippen molar-refractivity contribution in [3.63, 3.8) is 0 Å². The van der Waals surface area contributed by atoms with Crippen LogP contribution in [0.2, 0.25) is 0 Å². The third-order valence-electron chi connectivity index (χ3n) is 3.08. The number of rotatable bonds is 6. The van der Waals surface area contributed by atoms with Crippen LogP contribution in [0.25, 0.3) is 10.6 Å². The summed E-state index contributed by atoms with van der Waals surface area (Å²) in [6.45, 7) is 4.98. The molecule has 7 heteroatoms. The average Bonchev–Trinajstić information content (AvgIpc) is 2.92. The van der Waals surface area contributed by atoms with Crippen LogP contribution in [0.3, 0.4) is 0 Å². The normalized spacial score (nSPS) is 11.1. The van der Waals surface area contributed by atoms with E-state index in [4.69, 9.17) is 5.73 Å². The molecule has 2 rings (SSSR count). The molecule has 3 N–H and O–H groups in total. The van der Waals surface area contributed by atoms with E-state index < -0.39 is 0 Å². The standard InChI is InChI=1S/C15H21N5S.ClH/c1-3-4-7-10-17-14(16)18-15-20-19-13(21-15)12-9-6-5-8-11(12)2;/h5-6,8-9H,3-4,7,10H2,1-2H3,(H3,16,17,18,20);1H. The van der Waals surface area contributed by atoms with Crippen LogP contribution < -0.4 is 11.1 Å². The number of nitrogens with two attached hydrogens (primary N) is 1. The number of anilines is 1. The third-order valence-corrected chi connectivity index (χ3v) is 3.95. The summed E-state index contributed by atoms with van der Waals surface area (Å²) < 4.78 is 0. The topological polar surface area (TPSA) is 76.2 Å². The van der Waals surface area contributed by atoms with Crippen molar-refractivity contribution in [2.45, 2.75) is 33.1 Å². The van der Waals surface area contributed by atoms with E-state index in [1.807, 2.05) is 18.2 Å². The van der Waals surface area contributed by atoms with Crippen LogP contribution >= 0.6 is 23.7 Å². The monoisotopic (exact) mass is 339 g/mol. The van der Waals surface area contributed by atoms with Gasteiger partial charge < -0.3 is 11.1 Å². The Hall–Kier alpha value is -1.66. The predicted molar refractivity (Wildman–Crippen MR) is 97.0 cm³/mol. The Balaban J connectivity index is 0.00000242. The summed E-state index contributed by atoms with van der Waals surface area (Å²) in [4.78, 5) is 4.28. The first-order chi connectivity index (χ1) is 10.2. The van der Waals surface area contributed by atoms with Gasteiger partial charge in [0.1, 0.15) is 5.01 Å². The lowest BCUT2D eigenvalue weighted by Gasteiger charge is -2.01. The summed E-state index contributed by atoms with van der Waals surface area (Å²) in [5, 5.41) is 12.9. The van der Waals surface area contributed by atoms with Crippen LogP contribution in [0, 0.1) is 6.92 Å². The zero-order valence-electron chi connectivity index (χ0n) is 12.9. The molecule has 22 heavy (non-hydrogen) atoms. The minimum atomic E-state index is 0. The van der Waals surface area contributed by atoms with Crippen LogP contribution in [0.5, 0.6) is 0 Å². The van der Waals surface area contributed by atoms with Gasteiger partial charge in [0.05, 0.1) is 0 Å². The second-order valence-electron chi connectivity index (χ2n) is 4.83. The van der Waals surface area contributed by atoms with Crippen molar-refractivity contribution >= 4 is 34.8 Å². The van der Waals surface area contributed by atoms with Gasteiger partial charge in [-0.05, 0) is 18.9 Å². The highest BCUT2D eigenvalue weighted by molar-refractivity contribution is 7.18. The minimum Gasteiger partial charge on any atom is -0.370 e. The van der Waals surface area contributed by atoms with Crippen molar-refractivity contribution in [3.05, 3.63) is 29.8 Å². The van der Waals surface area contributed by atoms with Gasteiger partial charge in [0, 0.05) is 12.1 Å². The van der Waals surface area contributed by atoms with Gasteiger partial charge in [0.15, 0.2) is 5.96 Å². The molecule has 0 aliphatic heterocycles. The molecule has 0 unspecified atom stereocenters. The molecule has 0 spiro atoms. The molecule has 2 aromatic rings. The Labute approximate surface area is 141 Å². The number of nitrogens with one attached hydrogen (secondary N) is 1. The van der Waals surface area contributed by atoms with E-state index in [0.29, 0.717) is 11.1 Å². The van der Waals surface area contributed by atoms with Crippen LogP contribution in [0.4, 0.5) is 5.13 Å². The number of aromatic nitrogens is 2. The quantitative estimate of drug-likeness (QED) is 0.476. The number of aryl methyl sites for hydroxylation is 1. The first-order valence-corrected chi connectivity index (χ1v) is 7.98. The fourth-order valence-corrected chi connectivity index (χ4v) is 2.75. The van der Waals surface area contributed by atoms with Crippen LogP contribution in [-0.4, -0.2) is 22.7 Å². The summed E-state index contributed by atoms with van der Waals surface area (Å²) in [5.41, 5.74) is 8.12. The number of aliphatic imine (C=N–C) groups is 1. The van der Waals surface area contributed by atoms with Gasteiger partial charge in [-0.15, -0.1) is 22.6 Å². The van der Waals surface area contributed by atoms with Gasteiger partial charge in [0.25, 0.3) is 0 Å². The Kier molecular flexibility index (Phi) is 7.84. The molecule has 5 nitrogen and oxygen atoms in total. The predicted octanol–water partition coefficient (Wildman–Crippen LogP) is 3.85. The molecule has 1 aromatic carbocycles. The number of benzene rings is 1. The molecule has 0 saturated heterocycles. The third kappa shape index (κ3) is 5.27. The van der Waals surface area contributed by atoms with E-state index in [0.717, 1.165) is 23.5 Å². The Morgan fingerprint density at radius 3 is 2.77 bits per heavy atom. The molecule has 0 atom stereocenters. The minimum absolute atomic E-state index is 0. The van der Waals surface area contributed by atoms with Gasteiger partial charge in [-0.25, -0.2) is 0 Å². The maximum Gasteiger partial charge on any atom is 0.212 e. The number of hydrogen-bond donors (Lipinski definition) is 2. The molecule has 0 amide bonds. The van der Waals surface area contributed by atoms with Crippen molar-refractivity contribution in [3.8, 4) is 10.6 Å². The molecule has 1 heterocycles. The van der Waals surface area contributed by atoms with E-state index in [1.165, 1.54) is 29.7 Å². The van der Waals surface area contributed by atoms with Crippen molar-refractivity contribution in [2.75, 3.05) is 11.9 Å². The number of hydrogen-bond acceptors (Lipinski definition) is 4. The van der Waals surface area contributed by atoms with Crippen LogP contribution in [-0.2, 0) is 0 Å². The van der Waals surface area contributed by atoms with E-state index in [2.05, 4.69) is 40.4 Å². The van der Waals surface area contributed by atoms with Crippen LogP contribution in [0.1, 0.15) is 31.7 Å². The zero-order valence-corrected chi connectivity index (χ0v) is 14.5. The van der Waals surface area contributed by atoms with Gasteiger partial charge in [-0.2, -0.15) is 0 Å². The van der Waals surface area contributed by atoms with Gasteiger partial charge in [0.2, 0.25) is 5.13 Å². The highest BCUT2D eigenvalue weighted by Gasteiger charge is 2.08. The molecule has 1 aromatic heterocycles. The smallest absolute Gasteiger partial charge is 0.212 e. The summed E-state index contributed by atoms with van der Waals surface area (Å²) in [5.74, 6) is 0.401. The van der Waals surface area contributed by atoms with Crippen molar-refractivity contribution in [1.82, 2.24) is 10.2 Å². The molecular weight excluding hydrogens is 318 g/mol. The van der Waals surface area contributed by atoms with Crippen molar-refractivity contribution in [1.29, 1.82) is 0 Å². The van der Waals surface area contributed by atoms with Gasteiger partial charge in [-0.3, -0.25) is 4.99 Å². The molecule has 0 aliphatic carbocycles. The second kappa shape index (κ2) is 9.38. The molecule has 120 valence electrons. The van der Waals surface area contributed by atoms with Gasteiger partial charge >= 0.3 is 0 Å². The van der Waals surface area contributed by atoms with Gasteiger partial charge in [-0.1, -0.05) is 55.4 Å². The van der Waals surface area contributed by atoms with Crippen LogP contribution in [0.15, 0.2) is 29.3 Å². The van der Waals surface area contributed by atoms with Crippen molar-refractivity contribution in [2.24, 2.45) is 10.7 Å². The number of guanidine groups is 1. The highest BCUT2D eigenvalue weighted by atomic mass is 35.5. The lowest BCUT2D eigenvalue weighted by atomic mass is 10.1. The fourth-order valence-electron chi connectivity index (χ4n) is 1.91. The highest BCUT2D eigenvalue weighted by Crippen LogP contribution is 2.28. The first kappa shape index (κ1) is 18.4. The van der Waals surface area contributed by atoms with E-state index in [1.54, 1.807) is 0 Å². The van der Waals surface area contributed by atoms with E-state index >= 15 is 0 Å². The Bertz CT molecular complexity index is 611. The first-order valence-electron chi connectivity index (χ1n) is 7.17. The maximum atomic E-state index is 5.84. The fraction of sp³-hybridized carbons (Fsp3) is 0.400.